The number of rotatable bonds is 20. The Morgan fingerprint density at radius 1 is 0.845 bits per heavy atom. The number of nitrogens with one attached hydrogen (secondary N) is 4. The Balaban J connectivity index is 1.48. The van der Waals surface area contributed by atoms with E-state index in [0.29, 0.717) is 57.6 Å². The number of amides is 5. The van der Waals surface area contributed by atoms with E-state index in [4.69, 9.17) is 31.4 Å². The summed E-state index contributed by atoms with van der Waals surface area (Å²) in [5.74, 6) is -1.47. The molecule has 0 saturated heterocycles. The summed E-state index contributed by atoms with van der Waals surface area (Å²) in [6.45, 7) is 12.4. The molecule has 4 aromatic rings. The van der Waals surface area contributed by atoms with E-state index in [9.17, 15) is 29.2 Å². The average molecular weight is 976 g/mol. The van der Waals surface area contributed by atoms with E-state index in [1.165, 1.54) is 18.9 Å². The van der Waals surface area contributed by atoms with Crippen molar-refractivity contribution in [3.05, 3.63) is 88.7 Å². The zero-order valence-corrected chi connectivity index (χ0v) is 41.9. The van der Waals surface area contributed by atoms with Crippen LogP contribution in [0.25, 0.3) is 22.5 Å². The molecule has 19 heteroatoms. The Morgan fingerprint density at radius 2 is 1.48 bits per heavy atom. The lowest BCUT2D eigenvalue weighted by molar-refractivity contribution is -0.141. The number of nitriles is 1. The molecule has 3 aromatic carbocycles. The van der Waals surface area contributed by atoms with Gasteiger partial charge in [-0.25, -0.2) is 9.97 Å². The van der Waals surface area contributed by atoms with Crippen LogP contribution in [0, 0.1) is 30.6 Å². The van der Waals surface area contributed by atoms with Crippen molar-refractivity contribution in [1.82, 2.24) is 36.1 Å². The maximum atomic E-state index is 14.8. The molecule has 380 valence electrons. The molecular formula is C52H69N11O8. The third-order valence-corrected chi connectivity index (χ3v) is 11.8. The number of nitrogens with two attached hydrogens (primary N) is 3. The maximum absolute atomic E-state index is 14.8. The molecule has 10 N–H and O–H groups in total. The van der Waals surface area contributed by atoms with Crippen LogP contribution in [0.4, 0.5) is 0 Å². The Bertz CT molecular complexity index is 2540. The number of likely N-dealkylation sites (N-methyl/N-ethyl adjacent to an activating group) is 1. The second-order valence-electron chi connectivity index (χ2n) is 18.7. The van der Waals surface area contributed by atoms with Gasteiger partial charge in [0.05, 0.1) is 29.6 Å². The van der Waals surface area contributed by atoms with Crippen LogP contribution in [-0.2, 0) is 25.6 Å². The van der Waals surface area contributed by atoms with Gasteiger partial charge in [-0.15, -0.1) is 0 Å². The molecule has 1 aliphatic heterocycles. The van der Waals surface area contributed by atoms with E-state index in [-0.39, 0.29) is 63.2 Å². The minimum atomic E-state index is -1.41. The van der Waals surface area contributed by atoms with Crippen molar-refractivity contribution in [2.24, 2.45) is 22.6 Å². The van der Waals surface area contributed by atoms with Crippen LogP contribution in [0.2, 0.25) is 0 Å². The van der Waals surface area contributed by atoms with Gasteiger partial charge in [-0.3, -0.25) is 24.0 Å². The van der Waals surface area contributed by atoms with Gasteiger partial charge in [0.2, 0.25) is 23.6 Å². The molecule has 1 aromatic heterocycles. The van der Waals surface area contributed by atoms with E-state index in [1.54, 1.807) is 50.2 Å². The molecule has 1 unspecified atom stereocenters. The van der Waals surface area contributed by atoms with Gasteiger partial charge in [0.1, 0.15) is 61.2 Å². The van der Waals surface area contributed by atoms with Gasteiger partial charge in [-0.05, 0) is 118 Å². The first-order valence-electron chi connectivity index (χ1n) is 23.9. The zero-order chi connectivity index (χ0) is 51.8. The van der Waals surface area contributed by atoms with Crippen LogP contribution in [0.3, 0.4) is 0 Å². The summed E-state index contributed by atoms with van der Waals surface area (Å²) >= 11 is 0. The highest BCUT2D eigenvalue weighted by Crippen LogP contribution is 2.40. The van der Waals surface area contributed by atoms with Crippen LogP contribution in [-0.4, -0.2) is 116 Å². The first-order valence-corrected chi connectivity index (χ1v) is 23.9. The molecule has 0 aliphatic carbocycles. The maximum Gasteiger partial charge on any atom is 0.255 e. The van der Waals surface area contributed by atoms with E-state index in [0.717, 1.165) is 30.6 Å². The zero-order valence-electron chi connectivity index (χ0n) is 41.9. The first kappa shape index (κ1) is 54.8. The number of aryl methyl sites for hydroxylation is 2. The van der Waals surface area contributed by atoms with Gasteiger partial charge >= 0.3 is 0 Å². The number of carbonyl (C=O) groups excluding carboxylic acids is 5. The van der Waals surface area contributed by atoms with Gasteiger partial charge in [0.15, 0.2) is 5.82 Å². The summed E-state index contributed by atoms with van der Waals surface area (Å²) in [6, 6.07) is 14.4. The van der Waals surface area contributed by atoms with Crippen molar-refractivity contribution in [3.63, 3.8) is 0 Å². The largest absolute Gasteiger partial charge is 0.494 e. The molecule has 0 fully saturated rings. The summed E-state index contributed by atoms with van der Waals surface area (Å²) in [7, 11) is 1.42. The summed E-state index contributed by atoms with van der Waals surface area (Å²) in [5, 5.41) is 20.0. The molecule has 19 nitrogen and oxygen atoms in total. The quantitative estimate of drug-likeness (QED) is 0.0493. The third-order valence-electron chi connectivity index (χ3n) is 11.8. The average Bonchev–Trinajstić information content (AvgIpc) is 3.33. The van der Waals surface area contributed by atoms with Gasteiger partial charge in [-0.2, -0.15) is 5.26 Å². The molecule has 4 atom stereocenters. The van der Waals surface area contributed by atoms with Crippen LogP contribution in [0.5, 0.6) is 17.2 Å². The van der Waals surface area contributed by atoms with Crippen LogP contribution in [0.15, 0.2) is 60.7 Å². The summed E-state index contributed by atoms with van der Waals surface area (Å²) in [4.78, 5) is 81.3. The lowest BCUT2D eigenvalue weighted by Gasteiger charge is -2.32. The van der Waals surface area contributed by atoms with E-state index >= 15 is 0 Å². The van der Waals surface area contributed by atoms with Gasteiger partial charge in [-0.1, -0.05) is 32.9 Å². The Hall–Kier alpha value is -7.14. The van der Waals surface area contributed by atoms with E-state index in [2.05, 4.69) is 52.0 Å². The lowest BCUT2D eigenvalue weighted by Crippen LogP contribution is -2.56. The van der Waals surface area contributed by atoms with Crippen molar-refractivity contribution in [1.29, 1.82) is 5.26 Å². The number of carbonyl (C=O) groups is 5. The number of hydrogen-bond acceptors (Lipinski definition) is 14. The summed E-state index contributed by atoms with van der Waals surface area (Å²) < 4.78 is 18.2. The topological polar surface area (TPSA) is 292 Å². The highest BCUT2D eigenvalue weighted by molar-refractivity contribution is 6.00. The Labute approximate surface area is 416 Å². The molecule has 5 amide bonds. The smallest absolute Gasteiger partial charge is 0.255 e. The molecule has 4 bridgehead atoms. The molecule has 71 heavy (non-hydrogen) atoms. The highest BCUT2D eigenvalue weighted by Gasteiger charge is 2.36. The summed E-state index contributed by atoms with van der Waals surface area (Å²) in [6.07, 6.45) is 3.13. The first-order chi connectivity index (χ1) is 33.9. The predicted octanol–water partition coefficient (Wildman–Crippen LogP) is 3.53. The normalized spacial score (nSPS) is 16.3. The van der Waals surface area contributed by atoms with Crippen molar-refractivity contribution >= 4 is 29.5 Å². The minimum absolute atomic E-state index is 0.00199. The Kier molecular flexibility index (Phi) is 19.8. The van der Waals surface area contributed by atoms with E-state index in [1.807, 2.05) is 30.3 Å². The molecule has 1 aliphatic rings. The fourth-order valence-corrected chi connectivity index (χ4v) is 8.18. The van der Waals surface area contributed by atoms with Crippen molar-refractivity contribution in [3.8, 4) is 45.8 Å². The number of benzene rings is 3. The van der Waals surface area contributed by atoms with Crippen molar-refractivity contribution < 1.29 is 38.2 Å². The second kappa shape index (κ2) is 25.6. The fourth-order valence-electron chi connectivity index (χ4n) is 8.18. The third kappa shape index (κ3) is 14.9. The monoisotopic (exact) mass is 976 g/mol. The minimum Gasteiger partial charge on any atom is -0.494 e. The van der Waals surface area contributed by atoms with Gasteiger partial charge in [0, 0.05) is 43.2 Å². The molecule has 2 heterocycles. The fraction of sp³-hybridized carbons (Fsp3) is 0.462. The van der Waals surface area contributed by atoms with Crippen LogP contribution >= 0.6 is 0 Å². The second-order valence-corrected chi connectivity index (χ2v) is 18.7. The van der Waals surface area contributed by atoms with Gasteiger partial charge in [0.25, 0.3) is 5.91 Å². The summed E-state index contributed by atoms with van der Waals surface area (Å²) in [5.41, 5.74) is 21.5. The molecule has 5 rings (SSSR count). The molecule has 0 spiro atoms. The lowest BCUT2D eigenvalue weighted by atomic mass is 9.90. The number of nitrogens with zero attached hydrogens (tertiary/aromatic N) is 4. The highest BCUT2D eigenvalue weighted by atomic mass is 16.5. The van der Waals surface area contributed by atoms with Crippen molar-refractivity contribution in [2.45, 2.75) is 97.8 Å². The number of ether oxygens (including phenoxy) is 3. The SMILES string of the molecule is Cc1nc(-c2ccc(OCCCCC(C)(C)C)cc2)nc(C)c1C(=O)NC(CCN)C(=O)N(C)[C@@H]1C(=O)N[C@@H](C)C(=O)N[C@H](C(=O)NCC#N)Cc2ccc(OCCN)c(c2)-c2cc1ccc2OCCN. The molecule has 0 radical (unpaired) electrons. The number of unbranched alkanes of at least 4 members (excludes halogenated alkanes) is 1. The standard InChI is InChI=1S/C52H69N11O8/c1-31-44(32(2)59-46(58-31)35-11-14-37(15-12-35)69-25-9-8-19-52(4,5)6)49(66)61-40(18-20-53)51(68)63(7)45-36-13-17-43(71-27-23-56)39(30-36)38-28-34(10-16-42(38)70-26-22-55)29-41(48(65)57-24-21-54)62-47(64)33(3)60-50(45)67/h10-17,28,30,33,40-41,45H,8-9,18-20,22-27,29,53,55-56H2,1-7H3,(H,57,65)(H,60,67)(H,61,66)(H,62,64)/t33-,40?,41-,45-/m0/s1. The Morgan fingerprint density at radius 3 is 2.08 bits per heavy atom. The molecule has 0 saturated carbocycles. The van der Waals surface area contributed by atoms with Crippen LogP contribution in [0.1, 0.15) is 92.3 Å². The number of hydrogen-bond donors (Lipinski definition) is 7. The predicted molar refractivity (Wildman–Crippen MR) is 269 cm³/mol. The molecular weight excluding hydrogens is 907 g/mol. The van der Waals surface area contributed by atoms with E-state index < -0.39 is 53.7 Å². The number of aromatic nitrogens is 2. The van der Waals surface area contributed by atoms with Crippen LogP contribution < -0.4 is 52.7 Å². The van der Waals surface area contributed by atoms with Gasteiger partial charge < -0.3 is 57.6 Å². The number of fused-ring (bicyclic) bond motifs is 5. The van der Waals surface area contributed by atoms with Crippen molar-refractivity contribution in [2.75, 3.05) is 53.0 Å².